The van der Waals surface area contributed by atoms with Crippen LogP contribution in [0, 0.1) is 5.92 Å². The summed E-state index contributed by atoms with van der Waals surface area (Å²) in [5.41, 5.74) is 6.44. The Labute approximate surface area is 145 Å². The van der Waals surface area contributed by atoms with Crippen molar-refractivity contribution in [1.82, 2.24) is 4.90 Å². The minimum Gasteiger partial charge on any atom is -0.494 e. The molecule has 0 spiro atoms. The molecule has 0 aromatic heterocycles. The molecule has 1 amide bonds. The van der Waals surface area contributed by atoms with Crippen LogP contribution in [0.25, 0.3) is 0 Å². The van der Waals surface area contributed by atoms with E-state index >= 15 is 0 Å². The maximum absolute atomic E-state index is 12.1. The first-order valence-corrected chi connectivity index (χ1v) is 8.16. The van der Waals surface area contributed by atoms with Crippen LogP contribution in [0.5, 0.6) is 5.75 Å². The van der Waals surface area contributed by atoms with E-state index in [4.69, 9.17) is 10.5 Å². The van der Waals surface area contributed by atoms with Crippen LogP contribution >= 0.6 is 12.4 Å². The number of nitrogens with one attached hydrogen (secondary N) is 1. The second kappa shape index (κ2) is 10.5. The molecular formula is C17H28ClN3O2. The summed E-state index contributed by atoms with van der Waals surface area (Å²) in [6.45, 7) is 5.76. The summed E-state index contributed by atoms with van der Waals surface area (Å²) in [6, 6.07) is 7.49. The Kier molecular flexibility index (Phi) is 8.99. The van der Waals surface area contributed by atoms with Crippen LogP contribution in [0.1, 0.15) is 26.2 Å². The van der Waals surface area contributed by atoms with Crippen LogP contribution in [0.2, 0.25) is 0 Å². The summed E-state index contributed by atoms with van der Waals surface area (Å²) in [6.07, 6.45) is 3.44. The number of anilines is 1. The number of rotatable bonds is 7. The molecule has 0 bridgehead atoms. The van der Waals surface area contributed by atoms with Crippen molar-refractivity contribution in [1.29, 1.82) is 0 Å². The predicted octanol–water partition coefficient (Wildman–Crippen LogP) is 2.51. The van der Waals surface area contributed by atoms with Gasteiger partial charge in [-0.3, -0.25) is 9.69 Å². The van der Waals surface area contributed by atoms with E-state index in [1.165, 1.54) is 6.42 Å². The molecule has 0 saturated carbocycles. The van der Waals surface area contributed by atoms with E-state index in [-0.39, 0.29) is 18.3 Å². The fourth-order valence-corrected chi connectivity index (χ4v) is 2.97. The monoisotopic (exact) mass is 341 g/mol. The van der Waals surface area contributed by atoms with Crippen LogP contribution in [0.3, 0.4) is 0 Å². The van der Waals surface area contributed by atoms with Crippen LogP contribution in [-0.2, 0) is 4.79 Å². The standard InChI is InChI=1S/C17H27N3O2.ClH/c1-2-22-16-7-5-15(6-8-16)19-17(21)13-20-11-3-4-14(12-20)9-10-18;/h5-8,14H,2-4,9-13,18H2,1H3,(H,19,21);1H. The molecule has 1 aliphatic heterocycles. The van der Waals surface area contributed by atoms with Crippen LogP contribution < -0.4 is 15.8 Å². The zero-order valence-electron chi connectivity index (χ0n) is 13.8. The number of benzene rings is 1. The zero-order chi connectivity index (χ0) is 15.8. The van der Waals surface area contributed by atoms with Gasteiger partial charge >= 0.3 is 0 Å². The molecule has 0 radical (unpaired) electrons. The Morgan fingerprint density at radius 3 is 2.78 bits per heavy atom. The molecule has 0 aliphatic carbocycles. The normalized spacial score (nSPS) is 18.1. The SMILES string of the molecule is CCOc1ccc(NC(=O)CN2CCCC(CCN)C2)cc1.Cl. The summed E-state index contributed by atoms with van der Waals surface area (Å²) in [4.78, 5) is 14.4. The van der Waals surface area contributed by atoms with Crippen LogP contribution in [0.4, 0.5) is 5.69 Å². The second-order valence-corrected chi connectivity index (χ2v) is 5.83. The van der Waals surface area contributed by atoms with Gasteiger partial charge in [-0.2, -0.15) is 0 Å². The van der Waals surface area contributed by atoms with Gasteiger partial charge in [-0.05, 0) is 69.5 Å². The fourth-order valence-electron chi connectivity index (χ4n) is 2.97. The van der Waals surface area contributed by atoms with Gasteiger partial charge in [0.2, 0.25) is 5.91 Å². The van der Waals surface area contributed by atoms with Crippen molar-refractivity contribution in [3.8, 4) is 5.75 Å². The fraction of sp³-hybridized carbons (Fsp3) is 0.588. The lowest BCUT2D eigenvalue weighted by atomic mass is 9.95. The number of piperidine rings is 1. The molecular weight excluding hydrogens is 314 g/mol. The van der Waals surface area contributed by atoms with Gasteiger partial charge in [-0.15, -0.1) is 12.4 Å². The minimum absolute atomic E-state index is 0. The zero-order valence-corrected chi connectivity index (χ0v) is 14.6. The lowest BCUT2D eigenvalue weighted by Crippen LogP contribution is -2.40. The lowest BCUT2D eigenvalue weighted by Gasteiger charge is -2.32. The average Bonchev–Trinajstić information content (AvgIpc) is 2.50. The third kappa shape index (κ3) is 6.77. The van der Waals surface area contributed by atoms with Gasteiger partial charge in [0.15, 0.2) is 0 Å². The number of amides is 1. The Balaban J connectivity index is 0.00000264. The van der Waals surface area contributed by atoms with E-state index in [2.05, 4.69) is 10.2 Å². The maximum atomic E-state index is 12.1. The highest BCUT2D eigenvalue weighted by Gasteiger charge is 2.20. The minimum atomic E-state index is 0. The smallest absolute Gasteiger partial charge is 0.238 e. The third-order valence-electron chi connectivity index (χ3n) is 3.99. The summed E-state index contributed by atoms with van der Waals surface area (Å²) < 4.78 is 5.39. The van der Waals surface area contributed by atoms with Gasteiger partial charge in [0.25, 0.3) is 0 Å². The van der Waals surface area contributed by atoms with Gasteiger partial charge in [0, 0.05) is 12.2 Å². The van der Waals surface area contributed by atoms with Crippen molar-refractivity contribution in [3.63, 3.8) is 0 Å². The molecule has 5 nitrogen and oxygen atoms in total. The van der Waals surface area contributed by atoms with E-state index in [0.717, 1.165) is 43.9 Å². The van der Waals surface area contributed by atoms with Crippen molar-refractivity contribution in [2.45, 2.75) is 26.2 Å². The molecule has 1 aromatic carbocycles. The third-order valence-corrected chi connectivity index (χ3v) is 3.99. The highest BCUT2D eigenvalue weighted by Crippen LogP contribution is 2.19. The summed E-state index contributed by atoms with van der Waals surface area (Å²) in [5.74, 6) is 1.50. The molecule has 1 unspecified atom stereocenters. The first kappa shape index (κ1) is 19.7. The van der Waals surface area contributed by atoms with Gasteiger partial charge in [-0.1, -0.05) is 0 Å². The van der Waals surface area contributed by atoms with Crippen LogP contribution in [0.15, 0.2) is 24.3 Å². The molecule has 1 aliphatic rings. The molecule has 1 saturated heterocycles. The van der Waals surface area contributed by atoms with Gasteiger partial charge < -0.3 is 15.8 Å². The van der Waals surface area contributed by atoms with Crippen molar-refractivity contribution in [3.05, 3.63) is 24.3 Å². The van der Waals surface area contributed by atoms with Gasteiger partial charge in [-0.25, -0.2) is 0 Å². The first-order valence-electron chi connectivity index (χ1n) is 8.16. The van der Waals surface area contributed by atoms with E-state index in [9.17, 15) is 4.79 Å². The maximum Gasteiger partial charge on any atom is 0.238 e. The second-order valence-electron chi connectivity index (χ2n) is 5.83. The molecule has 2 rings (SSSR count). The Morgan fingerprint density at radius 1 is 1.39 bits per heavy atom. The number of halogens is 1. The summed E-state index contributed by atoms with van der Waals surface area (Å²) in [5, 5.41) is 2.94. The number of carbonyl (C=O) groups excluding carboxylic acids is 1. The number of nitrogens with two attached hydrogens (primary N) is 1. The molecule has 3 N–H and O–H groups in total. The molecule has 1 atom stereocenters. The highest BCUT2D eigenvalue weighted by atomic mass is 35.5. The Morgan fingerprint density at radius 2 is 2.13 bits per heavy atom. The van der Waals surface area contributed by atoms with Crippen molar-refractivity contribution in [2.75, 3.05) is 38.1 Å². The van der Waals surface area contributed by atoms with E-state index in [0.29, 0.717) is 19.1 Å². The molecule has 1 fully saturated rings. The quantitative estimate of drug-likeness (QED) is 0.799. The van der Waals surface area contributed by atoms with Crippen molar-refractivity contribution >= 4 is 24.0 Å². The molecule has 130 valence electrons. The Hall–Kier alpha value is -1.30. The van der Waals surface area contributed by atoms with Crippen LogP contribution in [-0.4, -0.2) is 43.6 Å². The number of likely N-dealkylation sites (tertiary alicyclic amines) is 1. The molecule has 6 heteroatoms. The van der Waals surface area contributed by atoms with Crippen molar-refractivity contribution in [2.24, 2.45) is 11.7 Å². The Bertz CT molecular complexity index is 465. The van der Waals surface area contributed by atoms with E-state index < -0.39 is 0 Å². The predicted molar refractivity (Wildman–Crippen MR) is 96.3 cm³/mol. The van der Waals surface area contributed by atoms with Gasteiger partial charge in [0.1, 0.15) is 5.75 Å². The summed E-state index contributed by atoms with van der Waals surface area (Å²) in [7, 11) is 0. The number of ether oxygens (including phenoxy) is 1. The molecule has 1 heterocycles. The largest absolute Gasteiger partial charge is 0.494 e. The number of carbonyl (C=O) groups is 1. The first-order chi connectivity index (χ1) is 10.7. The number of hydrogen-bond acceptors (Lipinski definition) is 4. The molecule has 1 aromatic rings. The summed E-state index contributed by atoms with van der Waals surface area (Å²) >= 11 is 0. The average molecular weight is 342 g/mol. The van der Waals surface area contributed by atoms with Gasteiger partial charge in [0.05, 0.1) is 13.2 Å². The number of hydrogen-bond donors (Lipinski definition) is 2. The van der Waals surface area contributed by atoms with E-state index in [1.54, 1.807) is 0 Å². The highest BCUT2D eigenvalue weighted by molar-refractivity contribution is 5.92. The number of nitrogens with zero attached hydrogens (tertiary/aromatic N) is 1. The molecule has 23 heavy (non-hydrogen) atoms. The lowest BCUT2D eigenvalue weighted by molar-refractivity contribution is -0.117. The van der Waals surface area contributed by atoms with Crippen molar-refractivity contribution < 1.29 is 9.53 Å². The topological polar surface area (TPSA) is 67.6 Å². The van der Waals surface area contributed by atoms with E-state index in [1.807, 2.05) is 31.2 Å².